The number of anilines is 1. The van der Waals surface area contributed by atoms with Gasteiger partial charge in [0.2, 0.25) is 5.91 Å². The van der Waals surface area contributed by atoms with Crippen LogP contribution in [0.3, 0.4) is 0 Å². The van der Waals surface area contributed by atoms with Gasteiger partial charge in [0.1, 0.15) is 0 Å². The summed E-state index contributed by atoms with van der Waals surface area (Å²) in [6.45, 7) is 4.31. The second-order valence-corrected chi connectivity index (χ2v) is 10.1. The molecule has 2 aromatic carbocycles. The third-order valence-corrected chi connectivity index (χ3v) is 7.91. The van der Waals surface area contributed by atoms with Crippen molar-refractivity contribution in [2.75, 3.05) is 44.7 Å². The summed E-state index contributed by atoms with van der Waals surface area (Å²) in [6, 6.07) is 15.2. The normalized spacial score (nSPS) is 19.8. The highest BCUT2D eigenvalue weighted by atomic mass is 32.2. The molecule has 0 radical (unpaired) electrons. The van der Waals surface area contributed by atoms with E-state index in [2.05, 4.69) is 41.1 Å². The molecule has 1 unspecified atom stereocenters. The molecule has 2 aliphatic heterocycles. The molecule has 1 amide bonds. The molecule has 170 valence electrons. The first kappa shape index (κ1) is 22.3. The second-order valence-electron chi connectivity index (χ2n) is 8.19. The molecule has 0 spiro atoms. The van der Waals surface area contributed by atoms with Gasteiger partial charge in [-0.3, -0.25) is 14.3 Å². The highest BCUT2D eigenvalue weighted by Crippen LogP contribution is 2.27. The molecule has 0 aromatic heterocycles. The number of sulfonamides is 1. The van der Waals surface area contributed by atoms with Crippen molar-refractivity contribution < 1.29 is 18.4 Å². The van der Waals surface area contributed by atoms with Gasteiger partial charge >= 0.3 is 0 Å². The van der Waals surface area contributed by atoms with E-state index in [4.69, 9.17) is 5.21 Å². The minimum Gasteiger partial charge on any atom is -0.369 e. The number of hydrogen-bond donors (Lipinski definition) is 2. The molecule has 8 nitrogen and oxygen atoms in total. The molecule has 1 atom stereocenters. The lowest BCUT2D eigenvalue weighted by molar-refractivity contribution is -0.132. The average Bonchev–Trinajstić information content (AvgIpc) is 2.84. The fourth-order valence-corrected chi connectivity index (χ4v) is 5.35. The maximum absolute atomic E-state index is 12.9. The van der Waals surface area contributed by atoms with Crippen LogP contribution in [-0.2, 0) is 14.8 Å². The van der Waals surface area contributed by atoms with Gasteiger partial charge in [-0.05, 0) is 48.9 Å². The fourth-order valence-electron chi connectivity index (χ4n) is 4.02. The summed E-state index contributed by atoms with van der Waals surface area (Å²) in [5, 5.41) is 8.73. The lowest BCUT2D eigenvalue weighted by Crippen LogP contribution is -2.44. The van der Waals surface area contributed by atoms with E-state index in [0.717, 1.165) is 37.3 Å². The minimum atomic E-state index is -3.70. The van der Waals surface area contributed by atoms with Gasteiger partial charge < -0.3 is 9.80 Å². The third kappa shape index (κ3) is 4.64. The van der Waals surface area contributed by atoms with E-state index >= 15 is 0 Å². The van der Waals surface area contributed by atoms with Crippen molar-refractivity contribution in [3.05, 3.63) is 60.8 Å². The Labute approximate surface area is 188 Å². The van der Waals surface area contributed by atoms with Crippen molar-refractivity contribution in [3.63, 3.8) is 0 Å². The summed E-state index contributed by atoms with van der Waals surface area (Å²) in [4.78, 5) is 16.4. The summed E-state index contributed by atoms with van der Waals surface area (Å²) in [7, 11) is -1.56. The lowest BCUT2D eigenvalue weighted by Gasteiger charge is -2.34. The number of hydrogen-bond acceptors (Lipinski definition) is 6. The van der Waals surface area contributed by atoms with Crippen molar-refractivity contribution in [2.45, 2.75) is 11.3 Å². The van der Waals surface area contributed by atoms with Gasteiger partial charge in [-0.15, -0.1) is 0 Å². The highest BCUT2D eigenvalue weighted by molar-refractivity contribution is 7.89. The van der Waals surface area contributed by atoms with E-state index in [1.54, 1.807) is 17.6 Å². The van der Waals surface area contributed by atoms with Crippen LogP contribution in [0, 0.1) is 5.92 Å². The molecule has 9 heteroatoms. The summed E-state index contributed by atoms with van der Waals surface area (Å²) in [6.07, 6.45) is 3.19. The van der Waals surface area contributed by atoms with E-state index < -0.39 is 21.8 Å². The summed E-state index contributed by atoms with van der Waals surface area (Å²) in [5.41, 5.74) is 4.78. The van der Waals surface area contributed by atoms with Crippen molar-refractivity contribution >= 4 is 21.6 Å². The van der Waals surface area contributed by atoms with Crippen LogP contribution in [0.25, 0.3) is 11.1 Å². The van der Waals surface area contributed by atoms with Gasteiger partial charge in [0.05, 0.1) is 10.8 Å². The second kappa shape index (κ2) is 9.32. The topological polar surface area (TPSA) is 93.2 Å². The molecule has 2 N–H and O–H groups in total. The molecule has 0 bridgehead atoms. The number of piperazine rings is 1. The van der Waals surface area contributed by atoms with E-state index in [1.165, 1.54) is 22.3 Å². The highest BCUT2D eigenvalue weighted by Gasteiger charge is 2.27. The Bertz CT molecular complexity index is 1080. The Morgan fingerprint density at radius 3 is 2.06 bits per heavy atom. The zero-order valence-corrected chi connectivity index (χ0v) is 18.8. The molecule has 0 saturated carbocycles. The summed E-state index contributed by atoms with van der Waals surface area (Å²) in [5.74, 6) is -1.08. The van der Waals surface area contributed by atoms with Crippen molar-refractivity contribution in [3.8, 4) is 11.1 Å². The number of amides is 1. The zero-order chi connectivity index (χ0) is 22.7. The fraction of sp³-hybridized carbons (Fsp3) is 0.348. The van der Waals surface area contributed by atoms with Crippen LogP contribution in [0.2, 0.25) is 0 Å². The van der Waals surface area contributed by atoms with Crippen LogP contribution < -0.4 is 10.4 Å². The van der Waals surface area contributed by atoms with Gasteiger partial charge in [0.25, 0.3) is 10.0 Å². The first-order valence-electron chi connectivity index (χ1n) is 10.7. The quantitative estimate of drug-likeness (QED) is 0.529. The summed E-state index contributed by atoms with van der Waals surface area (Å²) < 4.78 is 27.1. The Balaban J connectivity index is 1.45. The lowest BCUT2D eigenvalue weighted by atomic mass is 10.0. The SMILES string of the molecule is CN1CCN(c2ccc(-c3ccc(S(=O)(=O)N4C=CC(C(=O)NO)CC4)cc3)cc2)CC1. The van der Waals surface area contributed by atoms with Crippen molar-refractivity contribution in [1.82, 2.24) is 14.7 Å². The first-order chi connectivity index (χ1) is 15.4. The van der Waals surface area contributed by atoms with Crippen molar-refractivity contribution in [2.24, 2.45) is 5.92 Å². The van der Waals surface area contributed by atoms with Gasteiger partial charge in [-0.2, -0.15) is 0 Å². The smallest absolute Gasteiger partial charge is 0.263 e. The zero-order valence-electron chi connectivity index (χ0n) is 18.0. The molecule has 1 fully saturated rings. The van der Waals surface area contributed by atoms with Crippen LogP contribution in [0.4, 0.5) is 5.69 Å². The van der Waals surface area contributed by atoms with Crippen LogP contribution in [-0.4, -0.2) is 68.5 Å². The number of carbonyl (C=O) groups is 1. The van der Waals surface area contributed by atoms with Gasteiger partial charge in [-0.1, -0.05) is 30.3 Å². The van der Waals surface area contributed by atoms with Gasteiger partial charge in [-0.25, -0.2) is 13.9 Å². The molecule has 4 rings (SSSR count). The number of benzene rings is 2. The molecule has 1 saturated heterocycles. The molecule has 2 aliphatic rings. The van der Waals surface area contributed by atoms with Gasteiger partial charge in [0, 0.05) is 44.6 Å². The monoisotopic (exact) mass is 456 g/mol. The molecule has 2 heterocycles. The Hall–Kier alpha value is -2.88. The predicted molar refractivity (Wildman–Crippen MR) is 123 cm³/mol. The number of carbonyl (C=O) groups excluding carboxylic acids is 1. The van der Waals surface area contributed by atoms with Gasteiger partial charge in [0.15, 0.2) is 0 Å². The van der Waals surface area contributed by atoms with E-state index in [9.17, 15) is 13.2 Å². The molecule has 2 aromatic rings. The summed E-state index contributed by atoms with van der Waals surface area (Å²) >= 11 is 0. The minimum absolute atomic E-state index is 0.173. The van der Waals surface area contributed by atoms with Crippen LogP contribution in [0.5, 0.6) is 0 Å². The predicted octanol–water partition coefficient (Wildman–Crippen LogP) is 2.14. The largest absolute Gasteiger partial charge is 0.369 e. The third-order valence-electron chi connectivity index (χ3n) is 6.12. The molecular formula is C23H28N4O4S. The van der Waals surface area contributed by atoms with Crippen LogP contribution in [0.1, 0.15) is 6.42 Å². The number of hydroxylamine groups is 1. The maximum atomic E-state index is 12.9. The van der Waals surface area contributed by atoms with Crippen molar-refractivity contribution in [1.29, 1.82) is 0 Å². The molecule has 0 aliphatic carbocycles. The molecule has 32 heavy (non-hydrogen) atoms. The number of rotatable bonds is 5. The average molecular weight is 457 g/mol. The van der Waals surface area contributed by atoms with E-state index in [0.29, 0.717) is 6.42 Å². The Morgan fingerprint density at radius 1 is 0.938 bits per heavy atom. The van der Waals surface area contributed by atoms with Crippen LogP contribution in [0.15, 0.2) is 65.7 Å². The van der Waals surface area contributed by atoms with Crippen LogP contribution >= 0.6 is 0 Å². The maximum Gasteiger partial charge on any atom is 0.263 e. The number of nitrogens with zero attached hydrogens (tertiary/aromatic N) is 3. The standard InChI is InChI=1S/C23H28N4O4S/c1-25-14-16-26(17-15-25)21-6-2-18(3-7-21)19-4-8-22(9-5-19)32(30,31)27-12-10-20(11-13-27)23(28)24-29/h2-10,12,20,29H,11,13-17H2,1H3,(H,24,28). The first-order valence-corrected chi connectivity index (χ1v) is 12.1. The molecular weight excluding hydrogens is 428 g/mol. The van der Waals surface area contributed by atoms with E-state index in [1.807, 2.05) is 12.1 Å². The number of nitrogens with one attached hydrogen (secondary N) is 1. The Kier molecular flexibility index (Phi) is 6.50. The van der Waals surface area contributed by atoms with E-state index in [-0.39, 0.29) is 11.4 Å². The Morgan fingerprint density at radius 2 is 1.53 bits per heavy atom. The number of likely N-dealkylation sites (N-methyl/N-ethyl adjacent to an activating group) is 1.